The molecule has 2 aromatic carbocycles. The standard InChI is InChI=1S/C27H23Cl2F3N2O3/c28-21-2-1-3-22(29)23(21)24-19(25(37-33-24)16-5-6-16)8-4-15-10-12-34(13-11-15)17-7-9-18(26(35)36)20(14-17)27(30,31)32/h1-4,7-9,14-16H,5-6,10-13H2,(H,35,36)/b8-4+. The molecule has 0 bridgehead atoms. The monoisotopic (exact) mass is 550 g/mol. The summed E-state index contributed by atoms with van der Waals surface area (Å²) in [4.78, 5) is 13.1. The summed E-state index contributed by atoms with van der Waals surface area (Å²) >= 11 is 12.9. The van der Waals surface area contributed by atoms with Gasteiger partial charge in [-0.1, -0.05) is 46.6 Å². The maximum atomic E-state index is 13.4. The second kappa shape index (κ2) is 10.1. The third-order valence-electron chi connectivity index (χ3n) is 6.88. The van der Waals surface area contributed by atoms with Crippen LogP contribution in [0.5, 0.6) is 0 Å². The Kier molecular flexibility index (Phi) is 6.98. The van der Waals surface area contributed by atoms with Gasteiger partial charge in [0.05, 0.1) is 21.2 Å². The van der Waals surface area contributed by atoms with Crippen molar-refractivity contribution in [3.8, 4) is 11.3 Å². The molecule has 1 aliphatic carbocycles. The van der Waals surface area contributed by atoms with E-state index in [4.69, 9.17) is 32.8 Å². The predicted octanol–water partition coefficient (Wildman–Crippen LogP) is 8.17. The molecule has 1 aliphatic heterocycles. The van der Waals surface area contributed by atoms with Gasteiger partial charge in [0.15, 0.2) is 0 Å². The third kappa shape index (κ3) is 5.36. The van der Waals surface area contributed by atoms with Gasteiger partial charge in [-0.05, 0) is 61.9 Å². The van der Waals surface area contributed by atoms with Crippen molar-refractivity contribution < 1.29 is 27.6 Å². The van der Waals surface area contributed by atoms with Crippen LogP contribution >= 0.6 is 23.2 Å². The summed E-state index contributed by atoms with van der Waals surface area (Å²) in [5, 5.41) is 14.4. The number of aromatic carboxylic acids is 1. The van der Waals surface area contributed by atoms with Gasteiger partial charge in [-0.3, -0.25) is 0 Å². The van der Waals surface area contributed by atoms with Gasteiger partial charge in [0.25, 0.3) is 0 Å². The van der Waals surface area contributed by atoms with E-state index in [-0.39, 0.29) is 5.92 Å². The van der Waals surface area contributed by atoms with Crippen LogP contribution in [0.15, 0.2) is 47.0 Å². The van der Waals surface area contributed by atoms with Gasteiger partial charge in [0, 0.05) is 35.8 Å². The number of carboxylic acid groups (broad SMARTS) is 1. The molecule has 2 fully saturated rings. The first-order valence-corrected chi connectivity index (χ1v) is 12.7. The smallest absolute Gasteiger partial charge is 0.417 e. The number of carbonyl (C=O) groups is 1. The largest absolute Gasteiger partial charge is 0.478 e. The Morgan fingerprint density at radius 3 is 2.35 bits per heavy atom. The van der Waals surface area contributed by atoms with Crippen molar-refractivity contribution in [3.05, 3.63) is 75.0 Å². The first kappa shape index (κ1) is 25.7. The number of carboxylic acids is 1. The number of hydrogen-bond donors (Lipinski definition) is 1. The molecule has 1 saturated carbocycles. The Morgan fingerprint density at radius 1 is 1.08 bits per heavy atom. The number of anilines is 1. The summed E-state index contributed by atoms with van der Waals surface area (Å²) in [6.45, 7) is 1.09. The van der Waals surface area contributed by atoms with Crippen molar-refractivity contribution in [1.82, 2.24) is 5.16 Å². The van der Waals surface area contributed by atoms with E-state index in [1.54, 1.807) is 18.2 Å². The SMILES string of the molecule is O=C(O)c1ccc(N2CCC(/C=C/c3c(-c4c(Cl)cccc4Cl)noc3C3CC3)CC2)cc1C(F)(F)F. The van der Waals surface area contributed by atoms with Crippen LogP contribution < -0.4 is 4.90 Å². The molecule has 0 atom stereocenters. The average molecular weight is 551 g/mol. The minimum atomic E-state index is -4.75. The molecule has 5 nitrogen and oxygen atoms in total. The van der Waals surface area contributed by atoms with Crippen LogP contribution in [0.1, 0.15) is 58.8 Å². The molecule has 194 valence electrons. The molecular formula is C27H23Cl2F3N2O3. The Balaban J connectivity index is 1.34. The molecule has 2 aliphatic rings. The van der Waals surface area contributed by atoms with Crippen LogP contribution in [0, 0.1) is 5.92 Å². The van der Waals surface area contributed by atoms with Gasteiger partial charge in [0.2, 0.25) is 0 Å². The van der Waals surface area contributed by atoms with Crippen molar-refractivity contribution in [3.63, 3.8) is 0 Å². The Morgan fingerprint density at radius 2 is 1.76 bits per heavy atom. The molecule has 5 rings (SSSR count). The zero-order chi connectivity index (χ0) is 26.3. The average Bonchev–Trinajstić information content (AvgIpc) is 3.62. The number of rotatable bonds is 6. The normalized spacial score (nSPS) is 17.1. The first-order chi connectivity index (χ1) is 17.6. The number of nitrogens with zero attached hydrogens (tertiary/aromatic N) is 2. The van der Waals surface area contributed by atoms with E-state index in [0.717, 1.165) is 49.1 Å². The van der Waals surface area contributed by atoms with Crippen molar-refractivity contribution in [2.45, 2.75) is 37.8 Å². The van der Waals surface area contributed by atoms with Crippen molar-refractivity contribution in [1.29, 1.82) is 0 Å². The predicted molar refractivity (Wildman–Crippen MR) is 136 cm³/mol. The minimum absolute atomic E-state index is 0.202. The lowest BCUT2D eigenvalue weighted by Crippen LogP contribution is -2.33. The summed E-state index contributed by atoms with van der Waals surface area (Å²) in [6.07, 6.45) is 2.87. The zero-order valence-corrected chi connectivity index (χ0v) is 21.1. The second-order valence-electron chi connectivity index (χ2n) is 9.40. The summed E-state index contributed by atoms with van der Waals surface area (Å²) in [6, 6.07) is 8.67. The highest BCUT2D eigenvalue weighted by atomic mass is 35.5. The van der Waals surface area contributed by atoms with Crippen molar-refractivity contribution >= 4 is 40.9 Å². The zero-order valence-electron chi connectivity index (χ0n) is 19.6. The summed E-state index contributed by atoms with van der Waals surface area (Å²) in [5.41, 5.74) is 0.573. The number of benzene rings is 2. The molecule has 0 spiro atoms. The lowest BCUT2D eigenvalue weighted by molar-refractivity contribution is -0.138. The minimum Gasteiger partial charge on any atom is -0.478 e. The van der Waals surface area contributed by atoms with E-state index < -0.39 is 23.3 Å². The van der Waals surface area contributed by atoms with Crippen molar-refractivity contribution in [2.24, 2.45) is 5.92 Å². The Hall–Kier alpha value is -2.97. The maximum Gasteiger partial charge on any atom is 0.417 e. The highest BCUT2D eigenvalue weighted by Gasteiger charge is 2.36. The van der Waals surface area contributed by atoms with Crippen LogP contribution in [0.2, 0.25) is 10.0 Å². The van der Waals surface area contributed by atoms with Gasteiger partial charge in [0.1, 0.15) is 11.5 Å². The number of hydrogen-bond acceptors (Lipinski definition) is 4. The first-order valence-electron chi connectivity index (χ1n) is 11.9. The Bertz CT molecular complexity index is 1340. The molecule has 3 aromatic rings. The molecule has 10 heteroatoms. The molecule has 0 unspecified atom stereocenters. The fourth-order valence-corrected chi connectivity index (χ4v) is 5.32. The molecule has 1 saturated heterocycles. The van der Waals surface area contributed by atoms with Gasteiger partial charge < -0.3 is 14.5 Å². The molecule has 1 N–H and O–H groups in total. The molecule has 1 aromatic heterocycles. The van der Waals surface area contributed by atoms with Crippen molar-refractivity contribution in [2.75, 3.05) is 18.0 Å². The number of piperidine rings is 1. The second-order valence-corrected chi connectivity index (χ2v) is 10.2. The van der Waals surface area contributed by atoms with E-state index >= 15 is 0 Å². The van der Waals surface area contributed by atoms with E-state index in [0.29, 0.717) is 46.0 Å². The quantitative estimate of drug-likeness (QED) is 0.335. The summed E-state index contributed by atoms with van der Waals surface area (Å²) in [7, 11) is 0. The highest BCUT2D eigenvalue weighted by Crippen LogP contribution is 2.46. The molecule has 2 heterocycles. The van der Waals surface area contributed by atoms with E-state index in [2.05, 4.69) is 11.2 Å². The van der Waals surface area contributed by atoms with Crippen LogP contribution in [0.3, 0.4) is 0 Å². The highest BCUT2D eigenvalue weighted by molar-refractivity contribution is 6.39. The molecular weight excluding hydrogens is 528 g/mol. The molecule has 0 radical (unpaired) electrons. The molecule has 37 heavy (non-hydrogen) atoms. The van der Waals surface area contributed by atoms with E-state index in [9.17, 15) is 18.0 Å². The van der Waals surface area contributed by atoms with Gasteiger partial charge in [-0.15, -0.1) is 0 Å². The topological polar surface area (TPSA) is 66.6 Å². The summed E-state index contributed by atoms with van der Waals surface area (Å²) in [5.74, 6) is -0.258. The fourth-order valence-electron chi connectivity index (χ4n) is 4.75. The maximum absolute atomic E-state index is 13.4. The van der Waals surface area contributed by atoms with Gasteiger partial charge >= 0.3 is 12.1 Å². The Labute approximate surface area is 221 Å². The van der Waals surface area contributed by atoms with E-state index in [1.165, 1.54) is 6.07 Å². The number of allylic oxidation sites excluding steroid dienone is 1. The van der Waals surface area contributed by atoms with Crippen LogP contribution in [0.4, 0.5) is 18.9 Å². The van der Waals surface area contributed by atoms with E-state index in [1.807, 2.05) is 11.0 Å². The lowest BCUT2D eigenvalue weighted by Gasteiger charge is -2.33. The molecule has 0 amide bonds. The van der Waals surface area contributed by atoms with Gasteiger partial charge in [-0.2, -0.15) is 13.2 Å². The summed E-state index contributed by atoms with van der Waals surface area (Å²) < 4.78 is 46.0. The number of halogens is 5. The van der Waals surface area contributed by atoms with Crippen LogP contribution in [0.25, 0.3) is 17.3 Å². The fraction of sp³-hybridized carbons (Fsp3) is 0.333. The van der Waals surface area contributed by atoms with Crippen LogP contribution in [-0.2, 0) is 6.18 Å². The van der Waals surface area contributed by atoms with Gasteiger partial charge in [-0.25, -0.2) is 4.79 Å². The number of alkyl halides is 3. The lowest BCUT2D eigenvalue weighted by atomic mass is 9.94. The number of aromatic nitrogens is 1. The van der Waals surface area contributed by atoms with Crippen LogP contribution in [-0.4, -0.2) is 29.3 Å². The third-order valence-corrected chi connectivity index (χ3v) is 7.51.